The molecule has 1 atom stereocenters. The Morgan fingerprint density at radius 3 is 1.50 bits per heavy atom. The van der Waals surface area contributed by atoms with E-state index in [9.17, 15) is 9.59 Å². The predicted molar refractivity (Wildman–Crippen MR) is 134 cm³/mol. The van der Waals surface area contributed by atoms with Crippen LogP contribution in [0.5, 0.6) is 0 Å². The zero-order chi connectivity index (χ0) is 24.2. The van der Waals surface area contributed by atoms with Crippen molar-refractivity contribution in [3.63, 3.8) is 0 Å². The van der Waals surface area contributed by atoms with Gasteiger partial charge in [0.15, 0.2) is 6.10 Å². The minimum Gasteiger partial charge on any atom is -0.481 e. The summed E-state index contributed by atoms with van der Waals surface area (Å²) in [5, 5.41) is 9.03. The molecule has 0 heterocycles. The van der Waals surface area contributed by atoms with Crippen LogP contribution in [-0.4, -0.2) is 55.3 Å². The zero-order valence-corrected chi connectivity index (χ0v) is 22.0. The van der Waals surface area contributed by atoms with E-state index in [1.54, 1.807) is 0 Å². The lowest BCUT2D eigenvalue weighted by atomic mass is 10.0. The second-order valence-electron chi connectivity index (χ2n) is 11.1. The van der Waals surface area contributed by atoms with Crippen molar-refractivity contribution in [3.8, 4) is 0 Å². The molecule has 0 aliphatic carbocycles. The summed E-state index contributed by atoms with van der Waals surface area (Å²) >= 11 is 0. The first-order valence-corrected chi connectivity index (χ1v) is 13.3. The number of esters is 1. The van der Waals surface area contributed by atoms with Crippen LogP contribution in [0.4, 0.5) is 0 Å². The van der Waals surface area contributed by atoms with Gasteiger partial charge in [-0.3, -0.25) is 9.59 Å². The van der Waals surface area contributed by atoms with E-state index in [1.165, 1.54) is 83.5 Å². The second-order valence-corrected chi connectivity index (χ2v) is 11.1. The van der Waals surface area contributed by atoms with Crippen molar-refractivity contribution in [1.82, 2.24) is 0 Å². The molecular weight excluding hydrogens is 402 g/mol. The van der Waals surface area contributed by atoms with E-state index < -0.39 is 12.1 Å². The highest BCUT2D eigenvalue weighted by atomic mass is 16.5. The topological polar surface area (TPSA) is 63.6 Å². The largest absolute Gasteiger partial charge is 0.481 e. The van der Waals surface area contributed by atoms with Gasteiger partial charge < -0.3 is 14.3 Å². The summed E-state index contributed by atoms with van der Waals surface area (Å²) in [6.07, 6.45) is 19.2. The number of carboxylic acid groups (broad SMARTS) is 1. The van der Waals surface area contributed by atoms with Gasteiger partial charge in [-0.25, -0.2) is 0 Å². The van der Waals surface area contributed by atoms with Gasteiger partial charge in [0.25, 0.3) is 0 Å². The predicted octanol–water partition coefficient (Wildman–Crippen LogP) is 6.98. The maximum absolute atomic E-state index is 12.1. The van der Waals surface area contributed by atoms with Gasteiger partial charge in [0.1, 0.15) is 6.54 Å². The quantitative estimate of drug-likeness (QED) is 0.108. The van der Waals surface area contributed by atoms with E-state index in [2.05, 4.69) is 13.8 Å². The SMILES string of the molecule is CC(C)CCCCCCCCCCCCCCCCC(=O)OC(CC(=O)O)C[N+](C)(C)C. The minimum atomic E-state index is -0.923. The van der Waals surface area contributed by atoms with Crippen LogP contribution in [0.1, 0.15) is 123 Å². The number of carboxylic acids is 1. The van der Waals surface area contributed by atoms with Crippen LogP contribution in [0.25, 0.3) is 0 Å². The molecule has 0 saturated heterocycles. The van der Waals surface area contributed by atoms with Crippen molar-refractivity contribution < 1.29 is 23.9 Å². The van der Waals surface area contributed by atoms with Crippen LogP contribution >= 0.6 is 0 Å². The number of rotatable bonds is 22. The maximum Gasteiger partial charge on any atom is 0.307 e. The molecule has 1 unspecified atom stereocenters. The lowest BCUT2D eigenvalue weighted by Crippen LogP contribution is -2.43. The Morgan fingerprint density at radius 1 is 0.719 bits per heavy atom. The van der Waals surface area contributed by atoms with E-state index in [4.69, 9.17) is 9.84 Å². The molecule has 0 aromatic heterocycles. The van der Waals surface area contributed by atoms with Gasteiger partial charge in [-0.1, -0.05) is 104 Å². The van der Waals surface area contributed by atoms with Gasteiger partial charge in [-0.15, -0.1) is 0 Å². The van der Waals surface area contributed by atoms with E-state index in [1.807, 2.05) is 21.1 Å². The third-order valence-electron chi connectivity index (χ3n) is 5.86. The van der Waals surface area contributed by atoms with Gasteiger partial charge in [0, 0.05) is 6.42 Å². The molecule has 1 N–H and O–H groups in total. The smallest absolute Gasteiger partial charge is 0.307 e. The molecule has 0 saturated carbocycles. The van der Waals surface area contributed by atoms with Crippen LogP contribution in [0.15, 0.2) is 0 Å². The van der Waals surface area contributed by atoms with Crippen LogP contribution in [-0.2, 0) is 14.3 Å². The first-order valence-electron chi connectivity index (χ1n) is 13.3. The Kier molecular flexibility index (Phi) is 18.7. The third-order valence-corrected chi connectivity index (χ3v) is 5.86. The highest BCUT2D eigenvalue weighted by molar-refractivity contribution is 5.71. The summed E-state index contributed by atoms with van der Waals surface area (Å²) < 4.78 is 6.00. The van der Waals surface area contributed by atoms with Gasteiger partial charge in [0.05, 0.1) is 27.6 Å². The molecule has 5 heteroatoms. The average molecular weight is 457 g/mol. The van der Waals surface area contributed by atoms with Crippen LogP contribution in [0.3, 0.4) is 0 Å². The Balaban J connectivity index is 3.52. The molecule has 0 rings (SSSR count). The number of carbonyl (C=O) groups is 2. The summed E-state index contributed by atoms with van der Waals surface area (Å²) in [5.74, 6) is -0.328. The molecule has 32 heavy (non-hydrogen) atoms. The third kappa shape index (κ3) is 23.6. The van der Waals surface area contributed by atoms with Crippen molar-refractivity contribution in [1.29, 1.82) is 0 Å². The summed E-state index contributed by atoms with van der Waals surface area (Å²) in [7, 11) is 5.91. The highest BCUT2D eigenvalue weighted by Crippen LogP contribution is 2.15. The molecule has 0 aliphatic heterocycles. The Hall–Kier alpha value is -1.10. The number of hydrogen-bond acceptors (Lipinski definition) is 3. The fourth-order valence-corrected chi connectivity index (χ4v) is 4.14. The average Bonchev–Trinajstić information content (AvgIpc) is 2.65. The first kappa shape index (κ1) is 30.9. The van der Waals surface area contributed by atoms with E-state index >= 15 is 0 Å². The highest BCUT2D eigenvalue weighted by Gasteiger charge is 2.24. The van der Waals surface area contributed by atoms with Crippen LogP contribution < -0.4 is 0 Å². The van der Waals surface area contributed by atoms with Crippen molar-refractivity contribution in [2.24, 2.45) is 5.92 Å². The summed E-state index contributed by atoms with van der Waals surface area (Å²) in [5.41, 5.74) is 0. The fraction of sp³-hybridized carbons (Fsp3) is 0.926. The fourth-order valence-electron chi connectivity index (χ4n) is 4.14. The molecule has 0 aromatic rings. The first-order chi connectivity index (χ1) is 15.1. The Bertz CT molecular complexity index is 471. The molecule has 5 nitrogen and oxygen atoms in total. The molecule has 0 amide bonds. The Morgan fingerprint density at radius 2 is 1.12 bits per heavy atom. The molecule has 0 fully saturated rings. The lowest BCUT2D eigenvalue weighted by molar-refractivity contribution is -0.873. The number of unbranched alkanes of at least 4 members (excludes halogenated alkanes) is 13. The summed E-state index contributed by atoms with van der Waals surface area (Å²) in [6.45, 7) is 5.13. The van der Waals surface area contributed by atoms with Gasteiger partial charge in [0.2, 0.25) is 0 Å². The maximum atomic E-state index is 12.1. The van der Waals surface area contributed by atoms with E-state index in [0.717, 1.165) is 18.8 Å². The number of ether oxygens (including phenoxy) is 1. The minimum absolute atomic E-state index is 0.125. The molecule has 0 radical (unpaired) electrons. The molecule has 0 bridgehead atoms. The number of hydrogen-bond donors (Lipinski definition) is 1. The van der Waals surface area contributed by atoms with Gasteiger partial charge >= 0.3 is 11.9 Å². The molecular formula is C27H54NO4+. The van der Waals surface area contributed by atoms with E-state index in [-0.39, 0.29) is 12.4 Å². The van der Waals surface area contributed by atoms with Crippen molar-refractivity contribution in [2.75, 3.05) is 27.7 Å². The van der Waals surface area contributed by atoms with Gasteiger partial charge in [-0.05, 0) is 12.3 Å². The number of carbonyl (C=O) groups excluding carboxylic acids is 1. The normalized spacial score (nSPS) is 12.8. The number of aliphatic carboxylic acids is 1. The molecule has 190 valence electrons. The zero-order valence-electron chi connectivity index (χ0n) is 22.0. The van der Waals surface area contributed by atoms with Crippen LogP contribution in [0, 0.1) is 5.92 Å². The number of likely N-dealkylation sites (N-methyl/N-ethyl adjacent to an activating group) is 1. The summed E-state index contributed by atoms with van der Waals surface area (Å²) in [4.78, 5) is 23.1. The molecule has 0 aromatic carbocycles. The summed E-state index contributed by atoms with van der Waals surface area (Å²) in [6, 6.07) is 0. The van der Waals surface area contributed by atoms with Crippen molar-refractivity contribution in [2.45, 2.75) is 129 Å². The van der Waals surface area contributed by atoms with Crippen molar-refractivity contribution in [3.05, 3.63) is 0 Å². The lowest BCUT2D eigenvalue weighted by Gasteiger charge is -2.28. The Labute approximate surface area is 198 Å². The monoisotopic (exact) mass is 456 g/mol. The van der Waals surface area contributed by atoms with Crippen molar-refractivity contribution >= 4 is 11.9 Å². The number of quaternary nitrogens is 1. The number of nitrogens with zero attached hydrogens (tertiary/aromatic N) is 1. The molecule has 0 aliphatic rings. The van der Waals surface area contributed by atoms with Gasteiger partial charge in [-0.2, -0.15) is 0 Å². The second kappa shape index (κ2) is 19.4. The standard InChI is InChI=1S/C27H53NO4/c1-24(2)20-18-16-14-12-10-8-6-7-9-11-13-15-17-19-21-27(31)32-25(22-26(29)30)23-28(3,4)5/h24-25H,6-23H2,1-5H3/p+1. The molecule has 0 spiro atoms. The van der Waals surface area contributed by atoms with Crippen LogP contribution in [0.2, 0.25) is 0 Å². The van der Waals surface area contributed by atoms with E-state index in [0.29, 0.717) is 17.4 Å².